The van der Waals surface area contributed by atoms with E-state index in [9.17, 15) is 14.0 Å². The lowest BCUT2D eigenvalue weighted by Crippen LogP contribution is -2.35. The maximum absolute atomic E-state index is 13.4. The largest absolute Gasteiger partial charge is 0.350 e. The summed E-state index contributed by atoms with van der Waals surface area (Å²) < 4.78 is 14.2. The average Bonchev–Trinajstić information content (AvgIpc) is 2.51. The van der Waals surface area contributed by atoms with Crippen LogP contribution in [-0.2, 0) is 0 Å². The number of rotatable bonds is 5. The number of carbonyl (C=O) groups excluding carboxylic acids is 2. The van der Waals surface area contributed by atoms with Gasteiger partial charge in [-0.25, -0.2) is 4.39 Å². The highest BCUT2D eigenvalue weighted by molar-refractivity contribution is 9.10. The molecule has 0 unspecified atom stereocenters. The van der Waals surface area contributed by atoms with Gasteiger partial charge in [0.05, 0.1) is 5.56 Å². The molecule has 0 aliphatic carbocycles. The standard InChI is InChI=1S/C16H14BrFN2O2/c17-12-5-3-4-11(10-12)15(21)19-8-9-20-16(22)13-6-1-2-7-14(13)18/h1-7,10H,8-9H2,(H,19,21)(H,20,22). The summed E-state index contributed by atoms with van der Waals surface area (Å²) in [6.45, 7) is 0.471. The van der Waals surface area contributed by atoms with Crippen molar-refractivity contribution >= 4 is 27.7 Å². The quantitative estimate of drug-likeness (QED) is 0.801. The van der Waals surface area contributed by atoms with E-state index in [-0.39, 0.29) is 24.6 Å². The lowest BCUT2D eigenvalue weighted by molar-refractivity contribution is 0.0925. The molecule has 0 aliphatic rings. The van der Waals surface area contributed by atoms with E-state index >= 15 is 0 Å². The van der Waals surface area contributed by atoms with Crippen LogP contribution in [0.5, 0.6) is 0 Å². The number of amides is 2. The van der Waals surface area contributed by atoms with Crippen molar-refractivity contribution in [3.63, 3.8) is 0 Å². The third-order valence-electron chi connectivity index (χ3n) is 2.90. The molecule has 2 amide bonds. The van der Waals surface area contributed by atoms with Gasteiger partial charge in [-0.05, 0) is 30.3 Å². The predicted molar refractivity (Wildman–Crippen MR) is 85.2 cm³/mol. The van der Waals surface area contributed by atoms with Crippen LogP contribution in [-0.4, -0.2) is 24.9 Å². The van der Waals surface area contributed by atoms with Crippen LogP contribution in [0, 0.1) is 5.82 Å². The Bertz CT molecular complexity index is 691. The molecule has 0 radical (unpaired) electrons. The minimum atomic E-state index is -0.571. The third kappa shape index (κ3) is 4.39. The molecule has 0 heterocycles. The van der Waals surface area contributed by atoms with Gasteiger partial charge in [-0.15, -0.1) is 0 Å². The van der Waals surface area contributed by atoms with E-state index in [0.29, 0.717) is 5.56 Å². The maximum Gasteiger partial charge on any atom is 0.254 e. The molecule has 114 valence electrons. The van der Waals surface area contributed by atoms with Crippen molar-refractivity contribution in [3.05, 3.63) is 69.9 Å². The zero-order valence-corrected chi connectivity index (χ0v) is 13.2. The van der Waals surface area contributed by atoms with Gasteiger partial charge in [-0.2, -0.15) is 0 Å². The van der Waals surface area contributed by atoms with Crippen LogP contribution in [0.4, 0.5) is 4.39 Å². The summed E-state index contributed by atoms with van der Waals surface area (Å²) in [6, 6.07) is 12.7. The number of halogens is 2. The van der Waals surface area contributed by atoms with E-state index in [2.05, 4.69) is 26.6 Å². The Kier molecular flexibility index (Phi) is 5.66. The fraction of sp³-hybridized carbons (Fsp3) is 0.125. The Hall–Kier alpha value is -2.21. The van der Waals surface area contributed by atoms with Crippen molar-refractivity contribution in [2.45, 2.75) is 0 Å². The molecule has 2 rings (SSSR count). The number of nitrogens with one attached hydrogen (secondary N) is 2. The molecule has 2 aromatic rings. The Morgan fingerprint density at radius 2 is 1.64 bits per heavy atom. The van der Waals surface area contributed by atoms with Crippen LogP contribution in [0.1, 0.15) is 20.7 Å². The second-order valence-corrected chi connectivity index (χ2v) is 5.42. The van der Waals surface area contributed by atoms with Gasteiger partial charge in [-0.1, -0.05) is 34.1 Å². The van der Waals surface area contributed by atoms with Crippen LogP contribution >= 0.6 is 15.9 Å². The summed E-state index contributed by atoms with van der Waals surface area (Å²) in [6.07, 6.45) is 0. The summed E-state index contributed by atoms with van der Waals surface area (Å²) in [5.41, 5.74) is 0.510. The fourth-order valence-electron chi connectivity index (χ4n) is 1.82. The van der Waals surface area contributed by atoms with Gasteiger partial charge in [0.25, 0.3) is 11.8 Å². The summed E-state index contributed by atoms with van der Waals surface area (Å²) in [4.78, 5) is 23.6. The van der Waals surface area contributed by atoms with Crippen LogP contribution in [0.2, 0.25) is 0 Å². The molecule has 0 bridgehead atoms. The molecule has 0 saturated heterocycles. The van der Waals surface area contributed by atoms with Crippen molar-refractivity contribution in [3.8, 4) is 0 Å². The first kappa shape index (κ1) is 16.2. The van der Waals surface area contributed by atoms with Gasteiger partial charge in [0.15, 0.2) is 0 Å². The van der Waals surface area contributed by atoms with E-state index in [1.807, 2.05) is 6.07 Å². The second-order valence-electron chi connectivity index (χ2n) is 4.50. The van der Waals surface area contributed by atoms with Crippen molar-refractivity contribution in [2.24, 2.45) is 0 Å². The van der Waals surface area contributed by atoms with Gasteiger partial charge in [0.1, 0.15) is 5.82 Å². The minimum absolute atomic E-state index is 0.0131. The molecule has 0 aromatic heterocycles. The topological polar surface area (TPSA) is 58.2 Å². The summed E-state index contributed by atoms with van der Waals surface area (Å²) >= 11 is 3.29. The Balaban J connectivity index is 1.79. The van der Waals surface area contributed by atoms with Crippen molar-refractivity contribution < 1.29 is 14.0 Å². The first-order chi connectivity index (χ1) is 10.6. The highest BCUT2D eigenvalue weighted by atomic mass is 79.9. The zero-order valence-electron chi connectivity index (χ0n) is 11.6. The van der Waals surface area contributed by atoms with E-state index in [0.717, 1.165) is 4.47 Å². The van der Waals surface area contributed by atoms with E-state index in [1.54, 1.807) is 24.3 Å². The van der Waals surface area contributed by atoms with Crippen LogP contribution in [0.15, 0.2) is 53.0 Å². The summed E-state index contributed by atoms with van der Waals surface area (Å²) in [5, 5.41) is 5.23. The fourth-order valence-corrected chi connectivity index (χ4v) is 2.22. The van der Waals surface area contributed by atoms with Gasteiger partial charge in [0, 0.05) is 23.1 Å². The minimum Gasteiger partial charge on any atom is -0.350 e. The first-order valence-corrected chi connectivity index (χ1v) is 7.44. The smallest absolute Gasteiger partial charge is 0.254 e. The third-order valence-corrected chi connectivity index (χ3v) is 3.39. The molecule has 2 N–H and O–H groups in total. The summed E-state index contributed by atoms with van der Waals surface area (Å²) in [7, 11) is 0. The lowest BCUT2D eigenvalue weighted by Gasteiger charge is -2.08. The number of hydrogen-bond acceptors (Lipinski definition) is 2. The Morgan fingerprint density at radius 1 is 0.955 bits per heavy atom. The SMILES string of the molecule is O=C(NCCNC(=O)c1ccccc1F)c1cccc(Br)c1. The second kappa shape index (κ2) is 7.70. The van der Waals surface area contributed by atoms with Crippen molar-refractivity contribution in [2.75, 3.05) is 13.1 Å². The molecular formula is C16H14BrFN2O2. The van der Waals surface area contributed by atoms with Crippen molar-refractivity contribution in [1.29, 1.82) is 0 Å². The molecule has 0 aliphatic heterocycles. The van der Waals surface area contributed by atoms with E-state index < -0.39 is 11.7 Å². The van der Waals surface area contributed by atoms with E-state index in [1.165, 1.54) is 18.2 Å². The molecule has 6 heteroatoms. The van der Waals surface area contributed by atoms with Gasteiger partial charge < -0.3 is 10.6 Å². The molecule has 4 nitrogen and oxygen atoms in total. The molecule has 0 fully saturated rings. The molecule has 2 aromatic carbocycles. The van der Waals surface area contributed by atoms with E-state index in [4.69, 9.17) is 0 Å². The normalized spacial score (nSPS) is 10.1. The highest BCUT2D eigenvalue weighted by Crippen LogP contribution is 2.11. The maximum atomic E-state index is 13.4. The lowest BCUT2D eigenvalue weighted by atomic mass is 10.2. The molecule has 0 spiro atoms. The predicted octanol–water partition coefficient (Wildman–Crippen LogP) is 2.75. The number of hydrogen-bond donors (Lipinski definition) is 2. The molecule has 0 saturated carbocycles. The monoisotopic (exact) mass is 364 g/mol. The van der Waals surface area contributed by atoms with Gasteiger partial charge >= 0.3 is 0 Å². The number of benzene rings is 2. The molecule has 22 heavy (non-hydrogen) atoms. The van der Waals surface area contributed by atoms with Gasteiger partial charge in [0.2, 0.25) is 0 Å². The van der Waals surface area contributed by atoms with Crippen LogP contribution in [0.3, 0.4) is 0 Å². The summed E-state index contributed by atoms with van der Waals surface area (Å²) in [5.74, 6) is -1.31. The molecular weight excluding hydrogens is 351 g/mol. The Labute approximate surface area is 135 Å². The van der Waals surface area contributed by atoms with Crippen LogP contribution in [0.25, 0.3) is 0 Å². The number of carbonyl (C=O) groups is 2. The van der Waals surface area contributed by atoms with Crippen LogP contribution < -0.4 is 10.6 Å². The zero-order chi connectivity index (χ0) is 15.9. The average molecular weight is 365 g/mol. The first-order valence-electron chi connectivity index (χ1n) is 6.64. The van der Waals surface area contributed by atoms with Crippen molar-refractivity contribution in [1.82, 2.24) is 10.6 Å². The highest BCUT2D eigenvalue weighted by Gasteiger charge is 2.10. The Morgan fingerprint density at radius 3 is 2.32 bits per heavy atom. The molecule has 0 atom stereocenters. The van der Waals surface area contributed by atoms with Gasteiger partial charge in [-0.3, -0.25) is 9.59 Å².